The fourth-order valence-corrected chi connectivity index (χ4v) is 3.55. The molecule has 0 spiro atoms. The lowest BCUT2D eigenvalue weighted by Crippen LogP contribution is -2.43. The molecule has 2 heterocycles. The highest BCUT2D eigenvalue weighted by Gasteiger charge is 2.23. The highest BCUT2D eigenvalue weighted by molar-refractivity contribution is 5.79. The van der Waals surface area contributed by atoms with Gasteiger partial charge in [-0.1, -0.05) is 30.3 Å². The van der Waals surface area contributed by atoms with E-state index in [1.807, 2.05) is 19.2 Å². The first-order valence-electron chi connectivity index (χ1n) is 10.2. The second kappa shape index (κ2) is 11.5. The first-order valence-corrected chi connectivity index (χ1v) is 10.2. The fourth-order valence-electron chi connectivity index (χ4n) is 3.55. The number of rotatable bonds is 10. The van der Waals surface area contributed by atoms with Crippen molar-refractivity contribution in [3.05, 3.63) is 60.1 Å². The molecule has 152 valence electrons. The minimum absolute atomic E-state index is 0.374. The molecular formula is C22H32N4O2. The predicted octanol–water partition coefficient (Wildman–Crippen LogP) is 3.19. The molecule has 1 unspecified atom stereocenters. The molecular weight excluding hydrogens is 352 g/mol. The molecule has 1 aromatic carbocycles. The van der Waals surface area contributed by atoms with Gasteiger partial charge in [-0.15, -0.1) is 0 Å². The average molecular weight is 385 g/mol. The molecule has 3 rings (SSSR count). The van der Waals surface area contributed by atoms with Gasteiger partial charge in [-0.2, -0.15) is 0 Å². The Morgan fingerprint density at radius 2 is 1.96 bits per heavy atom. The van der Waals surface area contributed by atoms with Crippen LogP contribution < -0.4 is 10.6 Å². The van der Waals surface area contributed by atoms with Crippen LogP contribution in [-0.2, 0) is 11.3 Å². The number of guanidine groups is 1. The number of nitrogens with one attached hydrogen (secondary N) is 2. The van der Waals surface area contributed by atoms with Crippen LogP contribution in [0.1, 0.15) is 36.6 Å². The smallest absolute Gasteiger partial charge is 0.191 e. The molecule has 0 amide bonds. The maximum absolute atomic E-state index is 5.62. The van der Waals surface area contributed by atoms with Crippen molar-refractivity contribution < 1.29 is 9.15 Å². The highest BCUT2D eigenvalue weighted by Crippen LogP contribution is 2.24. The molecule has 0 aliphatic carbocycles. The summed E-state index contributed by atoms with van der Waals surface area (Å²) in [5, 5.41) is 6.88. The zero-order valence-corrected chi connectivity index (χ0v) is 16.8. The van der Waals surface area contributed by atoms with Crippen molar-refractivity contribution in [3.8, 4) is 0 Å². The molecule has 0 bridgehead atoms. The molecule has 1 fully saturated rings. The highest BCUT2D eigenvalue weighted by atomic mass is 16.5. The maximum Gasteiger partial charge on any atom is 0.191 e. The van der Waals surface area contributed by atoms with Crippen LogP contribution in [0.2, 0.25) is 0 Å². The van der Waals surface area contributed by atoms with Gasteiger partial charge in [-0.3, -0.25) is 9.89 Å². The van der Waals surface area contributed by atoms with Crippen molar-refractivity contribution >= 4 is 5.96 Å². The Labute approximate surface area is 168 Å². The number of furan rings is 1. The molecule has 28 heavy (non-hydrogen) atoms. The SMILES string of the molecule is CN=C(NCCCOCc1ccco1)NCC(c1ccccc1)N1CCCC1. The molecule has 0 radical (unpaired) electrons. The zero-order valence-electron chi connectivity index (χ0n) is 16.8. The van der Waals surface area contributed by atoms with E-state index < -0.39 is 0 Å². The Morgan fingerprint density at radius 1 is 1.14 bits per heavy atom. The number of ether oxygens (including phenoxy) is 1. The quantitative estimate of drug-likeness (QED) is 0.374. The molecule has 1 atom stereocenters. The maximum atomic E-state index is 5.62. The first-order chi connectivity index (χ1) is 13.9. The lowest BCUT2D eigenvalue weighted by molar-refractivity contribution is 0.105. The molecule has 2 aromatic rings. The third-order valence-corrected chi connectivity index (χ3v) is 5.03. The molecule has 1 saturated heterocycles. The van der Waals surface area contributed by atoms with Gasteiger partial charge in [-0.25, -0.2) is 0 Å². The first kappa shape index (κ1) is 20.4. The summed E-state index contributed by atoms with van der Waals surface area (Å²) in [6.45, 7) is 5.20. The van der Waals surface area contributed by atoms with Gasteiger partial charge in [0.25, 0.3) is 0 Å². The summed E-state index contributed by atoms with van der Waals surface area (Å²) in [7, 11) is 1.82. The predicted molar refractivity (Wildman–Crippen MR) is 112 cm³/mol. The van der Waals surface area contributed by atoms with Crippen LogP contribution in [0.5, 0.6) is 0 Å². The molecule has 0 saturated carbocycles. The number of nitrogens with zero attached hydrogens (tertiary/aromatic N) is 2. The Morgan fingerprint density at radius 3 is 2.68 bits per heavy atom. The summed E-state index contributed by atoms with van der Waals surface area (Å²) < 4.78 is 10.9. The van der Waals surface area contributed by atoms with Crippen molar-refractivity contribution in [2.24, 2.45) is 4.99 Å². The van der Waals surface area contributed by atoms with Crippen LogP contribution >= 0.6 is 0 Å². The minimum Gasteiger partial charge on any atom is -0.467 e. The van der Waals surface area contributed by atoms with Crippen molar-refractivity contribution in [2.75, 3.05) is 39.8 Å². The lowest BCUT2D eigenvalue weighted by atomic mass is 10.1. The fraction of sp³-hybridized carbons (Fsp3) is 0.500. The van der Waals surface area contributed by atoms with E-state index in [1.54, 1.807) is 6.26 Å². The Balaban J connectivity index is 1.39. The summed E-state index contributed by atoms with van der Waals surface area (Å²) in [6.07, 6.45) is 5.15. The second-order valence-corrected chi connectivity index (χ2v) is 7.03. The normalized spacial score (nSPS) is 16.2. The molecule has 1 aliphatic rings. The van der Waals surface area contributed by atoms with Crippen molar-refractivity contribution in [1.29, 1.82) is 0 Å². The Hall–Kier alpha value is -2.31. The van der Waals surface area contributed by atoms with E-state index in [1.165, 1.54) is 31.5 Å². The van der Waals surface area contributed by atoms with Gasteiger partial charge in [-0.05, 0) is 50.0 Å². The van der Waals surface area contributed by atoms with E-state index in [9.17, 15) is 0 Å². The number of hydrogen-bond acceptors (Lipinski definition) is 4. The molecule has 6 heteroatoms. The van der Waals surface area contributed by atoms with E-state index in [4.69, 9.17) is 9.15 Å². The third-order valence-electron chi connectivity index (χ3n) is 5.03. The summed E-state index contributed by atoms with van der Waals surface area (Å²) >= 11 is 0. The second-order valence-electron chi connectivity index (χ2n) is 7.03. The molecule has 2 N–H and O–H groups in total. The summed E-state index contributed by atoms with van der Waals surface area (Å²) in [6, 6.07) is 14.9. The number of aliphatic imine (C=N–C) groups is 1. The van der Waals surface area contributed by atoms with Crippen LogP contribution in [0.15, 0.2) is 58.1 Å². The van der Waals surface area contributed by atoms with Crippen molar-refractivity contribution in [2.45, 2.75) is 31.9 Å². The van der Waals surface area contributed by atoms with Crippen LogP contribution in [-0.4, -0.2) is 50.7 Å². The molecule has 6 nitrogen and oxygen atoms in total. The van der Waals surface area contributed by atoms with Crippen LogP contribution in [0.25, 0.3) is 0 Å². The average Bonchev–Trinajstić information content (AvgIpc) is 3.44. The molecule has 1 aromatic heterocycles. The largest absolute Gasteiger partial charge is 0.467 e. The lowest BCUT2D eigenvalue weighted by Gasteiger charge is -2.29. The minimum atomic E-state index is 0.374. The summed E-state index contributed by atoms with van der Waals surface area (Å²) in [5.74, 6) is 1.70. The molecule has 1 aliphatic heterocycles. The van der Waals surface area contributed by atoms with E-state index in [2.05, 4.69) is 50.9 Å². The van der Waals surface area contributed by atoms with Crippen LogP contribution in [0.4, 0.5) is 0 Å². The van der Waals surface area contributed by atoms with E-state index >= 15 is 0 Å². The van der Waals surface area contributed by atoms with Crippen LogP contribution in [0, 0.1) is 0 Å². The van der Waals surface area contributed by atoms with Crippen LogP contribution in [0.3, 0.4) is 0 Å². The van der Waals surface area contributed by atoms with Gasteiger partial charge >= 0.3 is 0 Å². The summed E-state index contributed by atoms with van der Waals surface area (Å²) in [4.78, 5) is 6.93. The van der Waals surface area contributed by atoms with Gasteiger partial charge in [0.1, 0.15) is 12.4 Å². The van der Waals surface area contributed by atoms with Crippen molar-refractivity contribution in [1.82, 2.24) is 15.5 Å². The van der Waals surface area contributed by atoms with E-state index in [0.717, 1.165) is 31.2 Å². The van der Waals surface area contributed by atoms with E-state index in [-0.39, 0.29) is 0 Å². The number of likely N-dealkylation sites (tertiary alicyclic amines) is 1. The number of benzene rings is 1. The Bertz CT molecular complexity index is 682. The van der Waals surface area contributed by atoms with Gasteiger partial charge in [0.2, 0.25) is 0 Å². The van der Waals surface area contributed by atoms with Gasteiger partial charge in [0.15, 0.2) is 5.96 Å². The Kier molecular flexibility index (Phi) is 8.40. The van der Waals surface area contributed by atoms with E-state index in [0.29, 0.717) is 19.3 Å². The van der Waals surface area contributed by atoms with Crippen molar-refractivity contribution in [3.63, 3.8) is 0 Å². The van der Waals surface area contributed by atoms with Gasteiger partial charge < -0.3 is 19.8 Å². The topological polar surface area (TPSA) is 62.0 Å². The standard InChI is InChI=1S/C22H32N4O2/c1-23-22(24-12-8-15-27-18-20-11-7-16-28-20)25-17-21(26-13-5-6-14-26)19-9-3-2-4-10-19/h2-4,7,9-11,16,21H,5-6,8,12-15,17-18H2,1H3,(H2,23,24,25). The van der Waals surface area contributed by atoms with Gasteiger partial charge in [0.05, 0.1) is 12.3 Å². The zero-order chi connectivity index (χ0) is 19.4. The summed E-state index contributed by atoms with van der Waals surface area (Å²) in [5.41, 5.74) is 1.36. The number of hydrogen-bond donors (Lipinski definition) is 2. The monoisotopic (exact) mass is 384 g/mol. The third kappa shape index (κ3) is 6.39. The van der Waals surface area contributed by atoms with Gasteiger partial charge in [0, 0.05) is 26.7 Å².